The number of hydrogen-bond acceptors (Lipinski definition) is 2. The smallest absolute Gasteiger partial charge is 0.317 e. The highest BCUT2D eigenvalue weighted by Crippen LogP contribution is 2.77. The molecule has 1 spiro atoms. The Kier molecular flexibility index (Phi) is 4.88. The zero-order chi connectivity index (χ0) is 21.8. The number of urea groups is 2. The van der Waals surface area contributed by atoms with E-state index in [2.05, 4.69) is 16.0 Å². The molecule has 5 fully saturated rings. The molecule has 0 aromatic heterocycles. The number of carbonyl (C=O) groups is 2. The summed E-state index contributed by atoms with van der Waals surface area (Å²) in [6.07, 6.45) is 9.85. The molecule has 1 heterocycles. The Morgan fingerprint density at radius 2 is 1.72 bits per heavy atom. The molecule has 6 rings (SSSR count). The first-order valence-electron chi connectivity index (χ1n) is 12.7. The van der Waals surface area contributed by atoms with Crippen LogP contribution in [-0.4, -0.2) is 42.1 Å². The van der Waals surface area contributed by atoms with E-state index in [4.69, 9.17) is 0 Å². The summed E-state index contributed by atoms with van der Waals surface area (Å²) in [5.41, 5.74) is 1.65. The molecule has 32 heavy (non-hydrogen) atoms. The summed E-state index contributed by atoms with van der Waals surface area (Å²) < 4.78 is 0. The average Bonchev–Trinajstić information content (AvgIpc) is 3.12. The number of nitrogens with zero attached hydrogens (tertiary/aromatic N) is 1. The average molecular weight is 437 g/mol. The molecule has 6 heteroatoms. The lowest BCUT2D eigenvalue weighted by Crippen LogP contribution is -2.68. The number of fused-ring (bicyclic) bond motifs is 2. The minimum Gasteiger partial charge on any atom is -0.338 e. The predicted molar refractivity (Wildman–Crippen MR) is 123 cm³/mol. The van der Waals surface area contributed by atoms with Gasteiger partial charge in [0.25, 0.3) is 0 Å². The summed E-state index contributed by atoms with van der Waals surface area (Å²) in [5.74, 6) is 3.10. The van der Waals surface area contributed by atoms with Crippen LogP contribution in [0.5, 0.6) is 0 Å². The van der Waals surface area contributed by atoms with E-state index in [-0.39, 0.29) is 17.6 Å². The minimum absolute atomic E-state index is 0.0121. The highest BCUT2D eigenvalue weighted by molar-refractivity contribution is 5.75. The molecular formula is C26H36N4O2. The fraction of sp³-hybridized carbons (Fsp3) is 0.692. The zero-order valence-electron chi connectivity index (χ0n) is 18.9. The van der Waals surface area contributed by atoms with Gasteiger partial charge in [-0.25, -0.2) is 9.59 Å². The van der Waals surface area contributed by atoms with E-state index in [0.29, 0.717) is 24.4 Å². The Morgan fingerprint density at radius 1 is 0.938 bits per heavy atom. The van der Waals surface area contributed by atoms with E-state index in [1.807, 2.05) is 35.2 Å². The summed E-state index contributed by atoms with van der Waals surface area (Å²) in [6, 6.07) is 10.1. The molecule has 1 aromatic carbocycles. The van der Waals surface area contributed by atoms with Gasteiger partial charge in [0.2, 0.25) is 0 Å². The highest BCUT2D eigenvalue weighted by Gasteiger charge is 2.74. The maximum absolute atomic E-state index is 12.8. The van der Waals surface area contributed by atoms with Crippen molar-refractivity contribution in [1.29, 1.82) is 0 Å². The van der Waals surface area contributed by atoms with Crippen LogP contribution >= 0.6 is 0 Å². The molecule has 3 N–H and O–H groups in total. The van der Waals surface area contributed by atoms with Gasteiger partial charge in [-0.3, -0.25) is 0 Å². The van der Waals surface area contributed by atoms with Crippen LogP contribution in [-0.2, 0) is 6.54 Å². The molecule has 6 nitrogen and oxygen atoms in total. The molecular weight excluding hydrogens is 400 g/mol. The van der Waals surface area contributed by atoms with Crippen molar-refractivity contribution in [3.63, 3.8) is 0 Å². The monoisotopic (exact) mass is 436 g/mol. The van der Waals surface area contributed by atoms with Crippen LogP contribution in [0.25, 0.3) is 0 Å². The van der Waals surface area contributed by atoms with Crippen LogP contribution in [0.3, 0.4) is 0 Å². The Bertz CT molecular complexity index is 877. The first-order valence-corrected chi connectivity index (χ1v) is 12.7. The van der Waals surface area contributed by atoms with Crippen molar-refractivity contribution >= 4 is 12.1 Å². The summed E-state index contributed by atoms with van der Waals surface area (Å²) >= 11 is 0. The van der Waals surface area contributed by atoms with E-state index in [1.165, 1.54) is 38.5 Å². The Hall–Kier alpha value is -2.24. The van der Waals surface area contributed by atoms with Gasteiger partial charge in [-0.05, 0) is 86.0 Å². The molecule has 172 valence electrons. The van der Waals surface area contributed by atoms with Gasteiger partial charge in [0.1, 0.15) is 0 Å². The Labute approximate surface area is 190 Å². The van der Waals surface area contributed by atoms with E-state index in [1.54, 1.807) is 0 Å². The lowest BCUT2D eigenvalue weighted by atomic mass is 9.51. The molecule has 4 unspecified atom stereocenters. The Balaban J connectivity index is 0.937. The topological polar surface area (TPSA) is 73.5 Å². The minimum atomic E-state index is 0.0121. The van der Waals surface area contributed by atoms with Gasteiger partial charge in [-0.2, -0.15) is 0 Å². The van der Waals surface area contributed by atoms with Gasteiger partial charge < -0.3 is 20.9 Å². The summed E-state index contributed by atoms with van der Waals surface area (Å²) in [4.78, 5) is 27.2. The van der Waals surface area contributed by atoms with E-state index in [0.717, 1.165) is 49.2 Å². The van der Waals surface area contributed by atoms with E-state index in [9.17, 15) is 9.59 Å². The summed E-state index contributed by atoms with van der Waals surface area (Å²) in [5, 5.41) is 9.69. The number of amides is 4. The van der Waals surface area contributed by atoms with Crippen LogP contribution in [0.1, 0.15) is 56.9 Å². The molecule has 4 saturated carbocycles. The number of benzene rings is 1. The first-order chi connectivity index (χ1) is 15.6. The van der Waals surface area contributed by atoms with Crippen LogP contribution < -0.4 is 16.0 Å². The molecule has 3 bridgehead atoms. The maximum Gasteiger partial charge on any atom is 0.317 e. The second-order valence-electron chi connectivity index (χ2n) is 11.4. The lowest BCUT2D eigenvalue weighted by Gasteiger charge is -2.59. The number of rotatable bonds is 5. The van der Waals surface area contributed by atoms with Crippen LogP contribution in [0.15, 0.2) is 30.3 Å². The normalized spacial score (nSPS) is 37.0. The van der Waals surface area contributed by atoms with Gasteiger partial charge in [-0.15, -0.1) is 0 Å². The number of carbonyl (C=O) groups excluding carboxylic acids is 2. The largest absolute Gasteiger partial charge is 0.338 e. The van der Waals surface area contributed by atoms with Crippen molar-refractivity contribution in [2.24, 2.45) is 29.1 Å². The van der Waals surface area contributed by atoms with Crippen molar-refractivity contribution in [3.8, 4) is 0 Å². The second kappa shape index (κ2) is 7.67. The highest BCUT2D eigenvalue weighted by atomic mass is 16.2. The quantitative estimate of drug-likeness (QED) is 0.655. The molecule has 4 amide bonds. The van der Waals surface area contributed by atoms with Gasteiger partial charge >= 0.3 is 12.1 Å². The fourth-order valence-corrected chi connectivity index (χ4v) is 8.33. The van der Waals surface area contributed by atoms with Crippen LogP contribution in [0.4, 0.5) is 9.59 Å². The van der Waals surface area contributed by atoms with Crippen molar-refractivity contribution < 1.29 is 9.59 Å². The van der Waals surface area contributed by atoms with Crippen molar-refractivity contribution in [3.05, 3.63) is 35.9 Å². The van der Waals surface area contributed by atoms with Gasteiger partial charge in [-0.1, -0.05) is 30.3 Å². The maximum atomic E-state index is 12.8. The molecule has 4 aliphatic carbocycles. The van der Waals surface area contributed by atoms with Crippen LogP contribution in [0, 0.1) is 29.1 Å². The van der Waals surface area contributed by atoms with Gasteiger partial charge in [0.05, 0.1) is 0 Å². The third kappa shape index (κ3) is 3.29. The molecule has 1 aromatic rings. The predicted octanol–water partition coefficient (Wildman–Crippen LogP) is 3.88. The van der Waals surface area contributed by atoms with E-state index < -0.39 is 0 Å². The van der Waals surface area contributed by atoms with Crippen molar-refractivity contribution in [1.82, 2.24) is 20.9 Å². The molecule has 5 atom stereocenters. The number of hydrogen-bond donors (Lipinski definition) is 3. The Morgan fingerprint density at radius 3 is 2.53 bits per heavy atom. The summed E-state index contributed by atoms with van der Waals surface area (Å²) in [6.45, 7) is 2.79. The van der Waals surface area contributed by atoms with Gasteiger partial charge in [0, 0.05) is 31.7 Å². The molecule has 0 radical (unpaired) electrons. The van der Waals surface area contributed by atoms with Crippen LogP contribution in [0.2, 0.25) is 0 Å². The number of likely N-dealkylation sites (tertiary alicyclic amines) is 1. The molecule has 1 saturated heterocycles. The first kappa shape index (κ1) is 20.4. The fourth-order valence-electron chi connectivity index (χ4n) is 8.33. The third-order valence-electron chi connectivity index (χ3n) is 9.65. The SMILES string of the molecule is O=C(NCC1CCN(C(=O)NCc2ccccc2)CC1)NC12CC3CC4C[C@@H](C1)CC32C4. The second-order valence-corrected chi connectivity index (χ2v) is 11.4. The van der Waals surface area contributed by atoms with E-state index >= 15 is 0 Å². The standard InChI is InChI=1S/C26H36N4O2/c31-23(29-26-14-21-10-20-11-22(15-26)25(26,12-20)13-21)27-16-19-6-8-30(9-7-19)24(32)28-17-18-4-2-1-3-5-18/h1-5,19-22H,6-17H2,(H,28,32)(H2,27,29,31)/t20?,21-,22?,25?,26?/m1/s1. The third-order valence-corrected chi connectivity index (χ3v) is 9.65. The van der Waals surface area contributed by atoms with Crippen molar-refractivity contribution in [2.45, 2.75) is 63.5 Å². The molecule has 1 aliphatic heterocycles. The lowest BCUT2D eigenvalue weighted by molar-refractivity contribution is -0.0457. The number of piperidine rings is 1. The number of nitrogens with one attached hydrogen (secondary N) is 3. The van der Waals surface area contributed by atoms with Gasteiger partial charge in [0.15, 0.2) is 0 Å². The van der Waals surface area contributed by atoms with Crippen molar-refractivity contribution in [2.75, 3.05) is 19.6 Å². The zero-order valence-corrected chi connectivity index (χ0v) is 18.9. The summed E-state index contributed by atoms with van der Waals surface area (Å²) in [7, 11) is 0. The molecule has 5 aliphatic rings.